The molecule has 1 heterocycles. The first kappa shape index (κ1) is 33.3. The van der Waals surface area contributed by atoms with Crippen LogP contribution in [-0.4, -0.2) is 42.7 Å². The number of aromatic nitrogens is 1. The summed E-state index contributed by atoms with van der Waals surface area (Å²) in [5.74, 6) is 0.0260. The number of anilines is 2. The molecule has 9 nitrogen and oxygen atoms in total. The van der Waals surface area contributed by atoms with E-state index in [0.717, 1.165) is 10.5 Å². The summed E-state index contributed by atoms with van der Waals surface area (Å²) >= 11 is 8.93. The fourth-order valence-corrected chi connectivity index (χ4v) is 5.95. The molecule has 0 fully saturated rings. The van der Waals surface area contributed by atoms with Crippen molar-refractivity contribution >= 4 is 69.3 Å². The minimum Gasteiger partial charge on any atom is -0.497 e. The number of halogens is 1. The molecule has 0 aliphatic rings. The highest BCUT2D eigenvalue weighted by Crippen LogP contribution is 2.31. The van der Waals surface area contributed by atoms with Gasteiger partial charge in [0, 0.05) is 43.7 Å². The Kier molecular flexibility index (Phi) is 11.3. The Labute approximate surface area is 285 Å². The number of nitrogens with one attached hydrogen (secondary N) is 3. The van der Waals surface area contributed by atoms with E-state index >= 15 is 0 Å². The van der Waals surface area contributed by atoms with Gasteiger partial charge in [-0.2, -0.15) is 0 Å². The Morgan fingerprint density at radius 2 is 1.64 bits per heavy atom. The van der Waals surface area contributed by atoms with Crippen LogP contribution in [0.5, 0.6) is 11.5 Å². The van der Waals surface area contributed by atoms with Crippen molar-refractivity contribution < 1.29 is 23.9 Å². The largest absolute Gasteiger partial charge is 0.497 e. The summed E-state index contributed by atoms with van der Waals surface area (Å²) in [5, 5.41) is 11.3. The lowest BCUT2D eigenvalue weighted by Gasteiger charge is -2.13. The van der Waals surface area contributed by atoms with Crippen molar-refractivity contribution in [3.63, 3.8) is 0 Å². The molecular formula is C35H29ClN4O5S2. The molecule has 0 atom stereocenters. The smallest absolute Gasteiger partial charge is 0.272 e. The van der Waals surface area contributed by atoms with Crippen molar-refractivity contribution in [3.8, 4) is 22.8 Å². The van der Waals surface area contributed by atoms with Gasteiger partial charge in [0.1, 0.15) is 17.2 Å². The van der Waals surface area contributed by atoms with E-state index in [1.165, 1.54) is 36.3 Å². The standard InChI is InChI=1S/C35H29ClN4O5S2/c1-44-25-15-12-23(31(19-25)45-2)18-29(38-33(42)22-8-4-3-5-9-22)34(43)37-24-13-16-26(17-14-24)46-21-32(41)40-35-39-30(20-47-35)27-10-6-7-11-28(27)36/h3-20H,21H2,1-2H3,(H,37,43)(H,38,42)(H,39,40,41)/b29-18-. The Bertz CT molecular complexity index is 1910. The molecule has 12 heteroatoms. The third-order valence-electron chi connectivity index (χ3n) is 6.65. The molecule has 47 heavy (non-hydrogen) atoms. The summed E-state index contributed by atoms with van der Waals surface area (Å²) in [5.41, 5.74) is 2.97. The number of methoxy groups -OCH3 is 2. The molecule has 4 aromatic carbocycles. The highest BCUT2D eigenvalue weighted by atomic mass is 35.5. The van der Waals surface area contributed by atoms with Gasteiger partial charge in [0.05, 0.1) is 25.7 Å². The van der Waals surface area contributed by atoms with Crippen LogP contribution in [0.3, 0.4) is 0 Å². The Balaban J connectivity index is 1.23. The molecule has 0 radical (unpaired) electrons. The van der Waals surface area contributed by atoms with E-state index in [1.807, 2.05) is 23.6 Å². The number of nitrogens with zero attached hydrogens (tertiary/aromatic N) is 1. The highest BCUT2D eigenvalue weighted by molar-refractivity contribution is 8.00. The molecular weight excluding hydrogens is 656 g/mol. The Morgan fingerprint density at radius 3 is 2.36 bits per heavy atom. The van der Waals surface area contributed by atoms with Crippen LogP contribution in [0.2, 0.25) is 5.02 Å². The van der Waals surface area contributed by atoms with Gasteiger partial charge in [-0.25, -0.2) is 4.98 Å². The highest BCUT2D eigenvalue weighted by Gasteiger charge is 2.17. The van der Waals surface area contributed by atoms with Gasteiger partial charge in [0.25, 0.3) is 11.8 Å². The summed E-state index contributed by atoms with van der Waals surface area (Å²) in [6.07, 6.45) is 1.54. The fraction of sp³-hybridized carbons (Fsp3) is 0.0857. The van der Waals surface area contributed by atoms with E-state index < -0.39 is 11.8 Å². The summed E-state index contributed by atoms with van der Waals surface area (Å²) in [7, 11) is 3.05. The normalized spacial score (nSPS) is 11.0. The second-order valence-electron chi connectivity index (χ2n) is 9.82. The molecule has 0 aliphatic heterocycles. The monoisotopic (exact) mass is 684 g/mol. The van der Waals surface area contributed by atoms with E-state index in [9.17, 15) is 14.4 Å². The van der Waals surface area contributed by atoms with E-state index in [-0.39, 0.29) is 17.4 Å². The third kappa shape index (κ3) is 9.01. The lowest BCUT2D eigenvalue weighted by atomic mass is 10.1. The van der Waals surface area contributed by atoms with Crippen molar-refractivity contribution in [3.05, 3.63) is 124 Å². The number of rotatable bonds is 12. The summed E-state index contributed by atoms with van der Waals surface area (Å²) < 4.78 is 10.8. The van der Waals surface area contributed by atoms with Gasteiger partial charge in [-0.05, 0) is 60.7 Å². The maximum Gasteiger partial charge on any atom is 0.272 e. The van der Waals surface area contributed by atoms with Crippen LogP contribution in [0.15, 0.2) is 113 Å². The lowest BCUT2D eigenvalue weighted by molar-refractivity contribution is -0.114. The van der Waals surface area contributed by atoms with Gasteiger partial charge >= 0.3 is 0 Å². The quantitative estimate of drug-likeness (QED) is 0.0914. The number of carbonyl (C=O) groups excluding carboxylic acids is 3. The number of ether oxygens (including phenoxy) is 2. The summed E-state index contributed by atoms with van der Waals surface area (Å²) in [6.45, 7) is 0. The average Bonchev–Trinajstić information content (AvgIpc) is 3.56. The molecule has 0 saturated carbocycles. The van der Waals surface area contributed by atoms with Gasteiger partial charge in [-0.15, -0.1) is 23.1 Å². The number of carbonyl (C=O) groups is 3. The van der Waals surface area contributed by atoms with Crippen LogP contribution < -0.4 is 25.4 Å². The van der Waals surface area contributed by atoms with E-state index in [4.69, 9.17) is 21.1 Å². The second kappa shape index (κ2) is 15.9. The first-order chi connectivity index (χ1) is 22.8. The second-order valence-corrected chi connectivity index (χ2v) is 12.1. The molecule has 3 N–H and O–H groups in total. The number of thioether (sulfide) groups is 1. The number of hydrogen-bond donors (Lipinski definition) is 3. The molecule has 1 aromatic heterocycles. The topological polar surface area (TPSA) is 119 Å². The van der Waals surface area contributed by atoms with Gasteiger partial charge in [0.2, 0.25) is 5.91 Å². The molecule has 0 saturated heterocycles. The van der Waals surface area contributed by atoms with Gasteiger partial charge in [-0.3, -0.25) is 14.4 Å². The molecule has 0 unspecified atom stereocenters. The summed E-state index contributed by atoms with van der Waals surface area (Å²) in [6, 6.07) is 28.2. The zero-order valence-electron chi connectivity index (χ0n) is 25.3. The van der Waals surface area contributed by atoms with Crippen LogP contribution in [-0.2, 0) is 9.59 Å². The van der Waals surface area contributed by atoms with Crippen molar-refractivity contribution in [1.82, 2.24) is 10.3 Å². The van der Waals surface area contributed by atoms with Crippen LogP contribution in [0.1, 0.15) is 15.9 Å². The molecule has 5 rings (SSSR count). The van der Waals surface area contributed by atoms with Gasteiger partial charge in [0.15, 0.2) is 5.13 Å². The molecule has 0 spiro atoms. The fourth-order valence-electron chi connectivity index (χ4n) is 4.30. The lowest BCUT2D eigenvalue weighted by Crippen LogP contribution is -2.30. The Morgan fingerprint density at radius 1 is 0.894 bits per heavy atom. The number of hydrogen-bond acceptors (Lipinski definition) is 8. The first-order valence-electron chi connectivity index (χ1n) is 14.2. The van der Waals surface area contributed by atoms with E-state index in [1.54, 1.807) is 86.0 Å². The number of amides is 3. The van der Waals surface area contributed by atoms with E-state index in [0.29, 0.717) is 44.2 Å². The SMILES string of the molecule is COc1ccc(/C=C(\NC(=O)c2ccccc2)C(=O)Nc2ccc(SCC(=O)Nc3nc(-c4ccccc4Cl)cs3)cc2)c(OC)c1. The number of thiazole rings is 1. The number of benzene rings is 4. The maximum atomic E-state index is 13.5. The molecule has 0 aliphatic carbocycles. The molecule has 5 aromatic rings. The maximum absolute atomic E-state index is 13.5. The molecule has 3 amide bonds. The Hall–Kier alpha value is -5.10. The predicted octanol–water partition coefficient (Wildman–Crippen LogP) is 7.62. The zero-order valence-corrected chi connectivity index (χ0v) is 27.7. The van der Waals surface area contributed by atoms with Crippen molar-refractivity contribution in [2.45, 2.75) is 4.90 Å². The van der Waals surface area contributed by atoms with Gasteiger partial charge < -0.3 is 25.4 Å². The van der Waals surface area contributed by atoms with E-state index in [2.05, 4.69) is 20.9 Å². The van der Waals surface area contributed by atoms with Crippen LogP contribution in [0, 0.1) is 0 Å². The molecule has 0 bridgehead atoms. The summed E-state index contributed by atoms with van der Waals surface area (Å²) in [4.78, 5) is 44.4. The van der Waals surface area contributed by atoms with Crippen molar-refractivity contribution in [1.29, 1.82) is 0 Å². The minimum absolute atomic E-state index is 0.0114. The molecule has 238 valence electrons. The van der Waals surface area contributed by atoms with Crippen LogP contribution in [0.25, 0.3) is 17.3 Å². The van der Waals surface area contributed by atoms with Gasteiger partial charge in [-0.1, -0.05) is 48.0 Å². The predicted molar refractivity (Wildman–Crippen MR) is 188 cm³/mol. The van der Waals surface area contributed by atoms with Crippen molar-refractivity contribution in [2.75, 3.05) is 30.6 Å². The van der Waals surface area contributed by atoms with Crippen LogP contribution >= 0.6 is 34.7 Å². The first-order valence-corrected chi connectivity index (χ1v) is 16.4. The van der Waals surface area contributed by atoms with Crippen molar-refractivity contribution in [2.24, 2.45) is 0 Å². The minimum atomic E-state index is -0.536. The zero-order chi connectivity index (χ0) is 33.2. The third-order valence-corrected chi connectivity index (χ3v) is 8.75. The average molecular weight is 685 g/mol. The van der Waals surface area contributed by atoms with Crippen LogP contribution in [0.4, 0.5) is 10.8 Å².